The Labute approximate surface area is 134 Å². The fourth-order valence-electron chi connectivity index (χ4n) is 2.68. The monoisotopic (exact) mass is 355 g/mol. The fourth-order valence-corrected chi connectivity index (χ4v) is 3.23. The van der Waals surface area contributed by atoms with Gasteiger partial charge in [-0.1, -0.05) is 19.1 Å². The molecule has 0 atom stereocenters. The second-order valence-electron chi connectivity index (χ2n) is 6.22. The molecule has 0 aromatic heterocycles. The maximum atomic E-state index is 10.9. The lowest BCUT2D eigenvalue weighted by Crippen LogP contribution is -2.41. The summed E-state index contributed by atoms with van der Waals surface area (Å²) in [4.78, 5) is 12.9. The highest BCUT2D eigenvalue weighted by atomic mass is 79.9. The predicted molar refractivity (Wildman–Crippen MR) is 87.3 cm³/mol. The number of nitro groups is 1. The molecule has 116 valence electrons. The van der Waals surface area contributed by atoms with Crippen LogP contribution in [0.3, 0.4) is 0 Å². The van der Waals surface area contributed by atoms with E-state index in [9.17, 15) is 10.1 Å². The summed E-state index contributed by atoms with van der Waals surface area (Å²) in [6, 6.07) is 5.17. The van der Waals surface area contributed by atoms with E-state index in [0.29, 0.717) is 16.4 Å². The van der Waals surface area contributed by atoms with Crippen molar-refractivity contribution < 1.29 is 4.92 Å². The number of rotatable bonds is 5. The molecule has 5 nitrogen and oxygen atoms in total. The molecule has 1 aliphatic rings. The molecule has 1 aliphatic heterocycles. The average Bonchev–Trinajstić information content (AvgIpc) is 2.44. The van der Waals surface area contributed by atoms with Crippen LogP contribution in [-0.4, -0.2) is 36.5 Å². The van der Waals surface area contributed by atoms with Gasteiger partial charge in [-0.15, -0.1) is 0 Å². The van der Waals surface area contributed by atoms with Gasteiger partial charge in [0.25, 0.3) is 5.69 Å². The molecule has 1 aromatic rings. The van der Waals surface area contributed by atoms with Gasteiger partial charge in [0, 0.05) is 19.2 Å². The zero-order valence-corrected chi connectivity index (χ0v) is 14.1. The number of hydrogen-bond donors (Lipinski definition) is 1. The van der Waals surface area contributed by atoms with Crippen molar-refractivity contribution in [1.29, 1.82) is 0 Å². The fraction of sp³-hybridized carbons (Fsp3) is 0.600. The molecule has 0 unspecified atom stereocenters. The Morgan fingerprint density at radius 2 is 2.10 bits per heavy atom. The molecule has 0 spiro atoms. The Hall–Kier alpha value is -0.980. The van der Waals surface area contributed by atoms with Crippen molar-refractivity contribution in [3.8, 4) is 0 Å². The van der Waals surface area contributed by atoms with Crippen molar-refractivity contribution in [3.05, 3.63) is 38.3 Å². The van der Waals surface area contributed by atoms with Crippen LogP contribution in [0.25, 0.3) is 0 Å². The van der Waals surface area contributed by atoms with Gasteiger partial charge in [0.05, 0.1) is 9.40 Å². The number of nitrogens with zero attached hydrogens (tertiary/aromatic N) is 2. The summed E-state index contributed by atoms with van der Waals surface area (Å²) in [5, 5.41) is 14.4. The minimum atomic E-state index is -0.355. The lowest BCUT2D eigenvalue weighted by atomic mass is 9.80. The molecule has 0 amide bonds. The third-order valence-electron chi connectivity index (χ3n) is 4.32. The van der Waals surface area contributed by atoms with Crippen LogP contribution in [-0.2, 0) is 6.54 Å². The first-order chi connectivity index (χ1) is 9.91. The van der Waals surface area contributed by atoms with E-state index in [2.05, 4.69) is 40.1 Å². The van der Waals surface area contributed by atoms with Crippen LogP contribution >= 0.6 is 15.9 Å². The van der Waals surface area contributed by atoms with Gasteiger partial charge in [-0.3, -0.25) is 10.1 Å². The Balaban J connectivity index is 1.92. The smallest absolute Gasteiger partial charge is 0.283 e. The Morgan fingerprint density at radius 1 is 1.43 bits per heavy atom. The third-order valence-corrected chi connectivity index (χ3v) is 5.23. The normalized spacial score (nSPS) is 18.6. The summed E-state index contributed by atoms with van der Waals surface area (Å²) >= 11 is 3.34. The molecular weight excluding hydrogens is 334 g/mol. The molecule has 1 heterocycles. The highest BCUT2D eigenvalue weighted by Crippen LogP contribution is 2.31. The molecule has 21 heavy (non-hydrogen) atoms. The number of likely N-dealkylation sites (tertiary alicyclic amines) is 1. The molecule has 2 rings (SSSR count). The van der Waals surface area contributed by atoms with Crippen LogP contribution < -0.4 is 5.32 Å². The number of piperidine rings is 1. The summed E-state index contributed by atoms with van der Waals surface area (Å²) in [5.41, 5.74) is 1.38. The molecule has 0 aliphatic carbocycles. The average molecular weight is 356 g/mol. The third kappa shape index (κ3) is 4.25. The molecule has 0 radical (unpaired) electrons. The molecule has 1 N–H and O–H groups in total. The quantitative estimate of drug-likeness (QED) is 0.650. The van der Waals surface area contributed by atoms with Gasteiger partial charge < -0.3 is 10.2 Å². The largest absolute Gasteiger partial charge is 0.312 e. The van der Waals surface area contributed by atoms with Gasteiger partial charge >= 0.3 is 0 Å². The Morgan fingerprint density at radius 3 is 2.71 bits per heavy atom. The topological polar surface area (TPSA) is 58.4 Å². The summed E-state index contributed by atoms with van der Waals surface area (Å²) in [6.07, 6.45) is 2.37. The van der Waals surface area contributed by atoms with Crippen molar-refractivity contribution >= 4 is 21.6 Å². The van der Waals surface area contributed by atoms with E-state index in [-0.39, 0.29) is 10.6 Å². The molecule has 1 fully saturated rings. The van der Waals surface area contributed by atoms with Gasteiger partial charge in [0.1, 0.15) is 0 Å². The standard InChI is InChI=1S/C15H22BrN3O2/c1-15(6-8-18(2)9-7-15)11-17-10-12-4-3-5-13(14(12)16)19(20)21/h3-5,17H,6-11H2,1-2H3. The predicted octanol–water partition coefficient (Wildman–Crippen LogP) is 3.18. The molecule has 1 saturated heterocycles. The second kappa shape index (κ2) is 6.85. The lowest BCUT2D eigenvalue weighted by Gasteiger charge is -2.38. The van der Waals surface area contributed by atoms with E-state index in [1.165, 1.54) is 18.9 Å². The van der Waals surface area contributed by atoms with E-state index in [1.807, 2.05) is 6.07 Å². The lowest BCUT2D eigenvalue weighted by molar-refractivity contribution is -0.385. The van der Waals surface area contributed by atoms with Crippen LogP contribution in [0.2, 0.25) is 0 Å². The number of benzene rings is 1. The molecule has 0 saturated carbocycles. The van der Waals surface area contributed by atoms with Crippen molar-refractivity contribution in [2.24, 2.45) is 5.41 Å². The van der Waals surface area contributed by atoms with Crippen molar-refractivity contribution in [2.45, 2.75) is 26.3 Å². The minimum Gasteiger partial charge on any atom is -0.312 e. The summed E-state index contributed by atoms with van der Waals surface area (Å²) in [5.74, 6) is 0. The van der Waals surface area contributed by atoms with Crippen LogP contribution in [0.4, 0.5) is 5.69 Å². The number of nitrogens with one attached hydrogen (secondary N) is 1. The first-order valence-electron chi connectivity index (χ1n) is 7.22. The van der Waals surface area contributed by atoms with Gasteiger partial charge in [0.2, 0.25) is 0 Å². The van der Waals surface area contributed by atoms with E-state index < -0.39 is 0 Å². The Kier molecular flexibility index (Phi) is 5.35. The summed E-state index contributed by atoms with van der Waals surface area (Å²) in [7, 11) is 2.16. The van der Waals surface area contributed by atoms with Gasteiger partial charge in [-0.05, 0) is 59.9 Å². The highest BCUT2D eigenvalue weighted by molar-refractivity contribution is 9.10. The first-order valence-corrected chi connectivity index (χ1v) is 8.02. The van der Waals surface area contributed by atoms with Crippen molar-refractivity contribution in [1.82, 2.24) is 10.2 Å². The van der Waals surface area contributed by atoms with Gasteiger partial charge in [-0.25, -0.2) is 0 Å². The minimum absolute atomic E-state index is 0.125. The molecule has 6 heteroatoms. The van der Waals surface area contributed by atoms with Crippen LogP contribution in [0.5, 0.6) is 0 Å². The SMILES string of the molecule is CN1CCC(C)(CNCc2cccc([N+](=O)[O-])c2Br)CC1. The van der Waals surface area contributed by atoms with Gasteiger partial charge in [0.15, 0.2) is 0 Å². The van der Waals surface area contributed by atoms with E-state index in [0.717, 1.165) is 25.2 Å². The van der Waals surface area contributed by atoms with Crippen LogP contribution in [0, 0.1) is 15.5 Å². The van der Waals surface area contributed by atoms with Crippen molar-refractivity contribution in [3.63, 3.8) is 0 Å². The molecule has 0 bridgehead atoms. The number of nitro benzene ring substituents is 1. The van der Waals surface area contributed by atoms with Crippen LogP contribution in [0.15, 0.2) is 22.7 Å². The highest BCUT2D eigenvalue weighted by Gasteiger charge is 2.28. The van der Waals surface area contributed by atoms with Crippen molar-refractivity contribution in [2.75, 3.05) is 26.7 Å². The van der Waals surface area contributed by atoms with Crippen LogP contribution in [0.1, 0.15) is 25.3 Å². The molecule has 1 aromatic carbocycles. The maximum Gasteiger partial charge on any atom is 0.283 e. The Bertz CT molecular complexity index is 514. The molecular formula is C15H22BrN3O2. The zero-order chi connectivity index (χ0) is 15.5. The van der Waals surface area contributed by atoms with E-state index >= 15 is 0 Å². The van der Waals surface area contributed by atoms with Gasteiger partial charge in [-0.2, -0.15) is 0 Å². The zero-order valence-electron chi connectivity index (χ0n) is 12.6. The summed E-state index contributed by atoms with van der Waals surface area (Å²) < 4.78 is 0.580. The second-order valence-corrected chi connectivity index (χ2v) is 7.02. The van der Waals surface area contributed by atoms with E-state index in [4.69, 9.17) is 0 Å². The maximum absolute atomic E-state index is 10.9. The first kappa shape index (κ1) is 16.4. The number of halogens is 1. The summed E-state index contributed by atoms with van der Waals surface area (Å²) in [6.45, 7) is 6.18. The number of hydrogen-bond acceptors (Lipinski definition) is 4. The van der Waals surface area contributed by atoms with E-state index in [1.54, 1.807) is 6.07 Å².